The molecule has 3 aromatic rings. The van der Waals surface area contributed by atoms with Crippen molar-refractivity contribution in [1.29, 1.82) is 0 Å². The lowest BCUT2D eigenvalue weighted by Crippen LogP contribution is -2.29. The second-order valence-electron chi connectivity index (χ2n) is 5.39. The molecule has 1 aliphatic heterocycles. The summed E-state index contributed by atoms with van der Waals surface area (Å²) in [4.78, 5) is 30.2. The van der Waals surface area contributed by atoms with Crippen LogP contribution in [-0.2, 0) is 6.54 Å². The summed E-state index contributed by atoms with van der Waals surface area (Å²) in [6.45, 7) is -0.0993. The molecule has 124 valence electrons. The third kappa shape index (κ3) is 2.69. The minimum Gasteiger partial charge on any atom is -0.334 e. The molecule has 0 bridgehead atoms. The first-order valence-electron chi connectivity index (χ1n) is 7.28. The van der Waals surface area contributed by atoms with Crippen molar-refractivity contribution < 1.29 is 14.1 Å². The van der Waals surface area contributed by atoms with Crippen LogP contribution < -0.4 is 0 Å². The Balaban J connectivity index is 1.61. The van der Waals surface area contributed by atoms with Crippen LogP contribution in [0.4, 0.5) is 0 Å². The number of carbonyl (C=O) groups is 2. The molecule has 4 rings (SSSR count). The van der Waals surface area contributed by atoms with Crippen molar-refractivity contribution in [3.8, 4) is 11.5 Å². The maximum absolute atomic E-state index is 12.5. The molecule has 2 amide bonds. The number of carbonyl (C=O) groups excluding carboxylic acids is 2. The highest BCUT2D eigenvalue weighted by Gasteiger charge is 2.37. The Morgan fingerprint density at radius 3 is 2.16 bits per heavy atom. The second-order valence-corrected chi connectivity index (χ2v) is 6.20. The van der Waals surface area contributed by atoms with Gasteiger partial charge >= 0.3 is 0 Å². The zero-order valence-corrected chi connectivity index (χ0v) is 14.1. The standard InChI is InChI=1S/C17H9Cl2N3O3/c18-12-6-10-11(7-13(12)19)17(24)22(16(10)23)8-14-20-15(25-21-14)9-4-2-1-3-5-9/h1-7H,8H2. The van der Waals surface area contributed by atoms with Gasteiger partial charge in [-0.3, -0.25) is 14.5 Å². The summed E-state index contributed by atoms with van der Waals surface area (Å²) in [5, 5.41) is 4.27. The zero-order valence-electron chi connectivity index (χ0n) is 12.6. The predicted molar refractivity (Wildman–Crippen MR) is 90.4 cm³/mol. The minimum atomic E-state index is -0.468. The van der Waals surface area contributed by atoms with E-state index in [9.17, 15) is 9.59 Å². The van der Waals surface area contributed by atoms with Gasteiger partial charge in [0.05, 0.1) is 27.7 Å². The van der Waals surface area contributed by atoms with Crippen LogP contribution >= 0.6 is 23.2 Å². The van der Waals surface area contributed by atoms with Crippen molar-refractivity contribution in [2.75, 3.05) is 0 Å². The van der Waals surface area contributed by atoms with E-state index in [2.05, 4.69) is 10.1 Å². The Labute approximate surface area is 152 Å². The molecule has 0 radical (unpaired) electrons. The highest BCUT2D eigenvalue weighted by Crippen LogP contribution is 2.32. The van der Waals surface area contributed by atoms with Gasteiger partial charge in [0.1, 0.15) is 0 Å². The van der Waals surface area contributed by atoms with Crippen LogP contribution in [0.1, 0.15) is 26.5 Å². The average molecular weight is 374 g/mol. The van der Waals surface area contributed by atoms with Crippen molar-refractivity contribution in [2.45, 2.75) is 6.54 Å². The molecule has 8 heteroatoms. The first kappa shape index (κ1) is 15.8. The second kappa shape index (κ2) is 5.98. The summed E-state index contributed by atoms with van der Waals surface area (Å²) >= 11 is 11.9. The van der Waals surface area contributed by atoms with E-state index < -0.39 is 11.8 Å². The molecule has 0 aliphatic carbocycles. The lowest BCUT2D eigenvalue weighted by molar-refractivity contribution is 0.0637. The molecule has 0 unspecified atom stereocenters. The van der Waals surface area contributed by atoms with Crippen molar-refractivity contribution in [3.05, 3.63) is 69.5 Å². The molecule has 0 N–H and O–H groups in total. The Kier molecular flexibility index (Phi) is 3.78. The first-order valence-corrected chi connectivity index (χ1v) is 8.03. The molecular formula is C17H9Cl2N3O3. The fourth-order valence-corrected chi connectivity index (χ4v) is 2.91. The van der Waals surface area contributed by atoms with Crippen molar-refractivity contribution in [2.24, 2.45) is 0 Å². The lowest BCUT2D eigenvalue weighted by atomic mass is 10.1. The third-order valence-electron chi connectivity index (χ3n) is 3.80. The van der Waals surface area contributed by atoms with E-state index in [0.29, 0.717) is 5.89 Å². The highest BCUT2D eigenvalue weighted by molar-refractivity contribution is 6.43. The summed E-state index contributed by atoms with van der Waals surface area (Å²) in [7, 11) is 0. The molecule has 0 fully saturated rings. The molecule has 2 heterocycles. The van der Waals surface area contributed by atoms with Crippen LogP contribution in [-0.4, -0.2) is 26.9 Å². The number of hydrogen-bond acceptors (Lipinski definition) is 5. The van der Waals surface area contributed by atoms with Gasteiger partial charge in [-0.05, 0) is 24.3 Å². The molecule has 0 spiro atoms. The first-order chi connectivity index (χ1) is 12.0. The van der Waals surface area contributed by atoms with Gasteiger partial charge in [-0.1, -0.05) is 46.6 Å². The largest absolute Gasteiger partial charge is 0.334 e. The lowest BCUT2D eigenvalue weighted by Gasteiger charge is -2.10. The summed E-state index contributed by atoms with van der Waals surface area (Å²) in [6, 6.07) is 12.0. The third-order valence-corrected chi connectivity index (χ3v) is 4.52. The van der Waals surface area contributed by atoms with Crippen LogP contribution in [0.5, 0.6) is 0 Å². The Morgan fingerprint density at radius 2 is 1.56 bits per heavy atom. The number of hydrogen-bond donors (Lipinski definition) is 0. The molecular weight excluding hydrogens is 365 g/mol. The van der Waals surface area contributed by atoms with Gasteiger partial charge in [-0.2, -0.15) is 4.98 Å². The normalized spacial score (nSPS) is 13.4. The van der Waals surface area contributed by atoms with Crippen LogP contribution in [0.3, 0.4) is 0 Å². The molecule has 0 saturated heterocycles. The van der Waals surface area contributed by atoms with Crippen LogP contribution in [0, 0.1) is 0 Å². The number of amides is 2. The maximum Gasteiger partial charge on any atom is 0.262 e. The van der Waals surface area contributed by atoms with E-state index in [1.54, 1.807) is 0 Å². The predicted octanol–water partition coefficient (Wildman–Crippen LogP) is 3.84. The summed E-state index contributed by atoms with van der Waals surface area (Å²) < 4.78 is 5.19. The molecule has 0 saturated carbocycles. The van der Waals surface area contributed by atoms with Gasteiger partial charge in [0.15, 0.2) is 5.82 Å². The van der Waals surface area contributed by atoms with E-state index >= 15 is 0 Å². The van der Waals surface area contributed by atoms with Gasteiger partial charge in [0.25, 0.3) is 17.7 Å². The topological polar surface area (TPSA) is 76.3 Å². The van der Waals surface area contributed by atoms with Gasteiger partial charge in [0, 0.05) is 5.56 Å². The van der Waals surface area contributed by atoms with Gasteiger partial charge in [-0.25, -0.2) is 0 Å². The number of halogens is 2. The molecule has 2 aromatic carbocycles. The molecule has 0 atom stereocenters. The van der Waals surface area contributed by atoms with Gasteiger partial charge in [0.2, 0.25) is 0 Å². The number of imide groups is 1. The van der Waals surface area contributed by atoms with Crippen molar-refractivity contribution in [3.63, 3.8) is 0 Å². The number of fused-ring (bicyclic) bond motifs is 1. The van der Waals surface area contributed by atoms with E-state index in [-0.39, 0.29) is 33.5 Å². The maximum atomic E-state index is 12.5. The minimum absolute atomic E-state index is 0.0993. The van der Waals surface area contributed by atoms with E-state index in [4.69, 9.17) is 27.7 Å². The van der Waals surface area contributed by atoms with Crippen LogP contribution in [0.15, 0.2) is 47.0 Å². The fourth-order valence-electron chi connectivity index (χ4n) is 2.58. The quantitative estimate of drug-likeness (QED) is 0.651. The van der Waals surface area contributed by atoms with E-state index in [0.717, 1.165) is 10.5 Å². The van der Waals surface area contributed by atoms with E-state index in [1.165, 1.54) is 12.1 Å². The highest BCUT2D eigenvalue weighted by atomic mass is 35.5. The molecule has 6 nitrogen and oxygen atoms in total. The van der Waals surface area contributed by atoms with Gasteiger partial charge < -0.3 is 4.52 Å². The summed E-state index contributed by atoms with van der Waals surface area (Å²) in [5.74, 6) is -0.391. The Bertz CT molecular complexity index is 961. The Hall–Kier alpha value is -2.70. The molecule has 1 aliphatic rings. The number of aromatic nitrogens is 2. The van der Waals surface area contributed by atoms with Crippen molar-refractivity contribution in [1.82, 2.24) is 15.0 Å². The van der Waals surface area contributed by atoms with Crippen LogP contribution in [0.25, 0.3) is 11.5 Å². The molecule has 25 heavy (non-hydrogen) atoms. The summed E-state index contributed by atoms with van der Waals surface area (Å²) in [5.41, 5.74) is 1.18. The summed E-state index contributed by atoms with van der Waals surface area (Å²) in [6.07, 6.45) is 0. The Morgan fingerprint density at radius 1 is 0.960 bits per heavy atom. The monoisotopic (exact) mass is 373 g/mol. The molecule has 1 aromatic heterocycles. The van der Waals surface area contributed by atoms with E-state index in [1.807, 2.05) is 30.3 Å². The smallest absolute Gasteiger partial charge is 0.262 e. The zero-order chi connectivity index (χ0) is 17.6. The average Bonchev–Trinajstić information content (AvgIpc) is 3.17. The number of rotatable bonds is 3. The van der Waals surface area contributed by atoms with Crippen LogP contribution in [0.2, 0.25) is 10.0 Å². The SMILES string of the molecule is O=C1c2cc(Cl)c(Cl)cc2C(=O)N1Cc1noc(-c2ccccc2)n1. The van der Waals surface area contributed by atoms with Crippen molar-refractivity contribution >= 4 is 35.0 Å². The van der Waals surface area contributed by atoms with Gasteiger partial charge in [-0.15, -0.1) is 0 Å². The number of benzene rings is 2. The fraction of sp³-hybridized carbons (Fsp3) is 0.0588. The number of nitrogens with zero attached hydrogens (tertiary/aromatic N) is 3.